The summed E-state index contributed by atoms with van der Waals surface area (Å²) in [7, 11) is 0. The van der Waals surface area contributed by atoms with E-state index < -0.39 is 23.6 Å². The van der Waals surface area contributed by atoms with Crippen molar-refractivity contribution in [2.75, 3.05) is 0 Å². The number of aliphatic hydroxyl groups is 1. The predicted molar refractivity (Wildman–Crippen MR) is 69.1 cm³/mol. The van der Waals surface area contributed by atoms with Crippen LogP contribution in [-0.2, 0) is 6.42 Å². The Kier molecular flexibility index (Phi) is 4.27. The molecule has 0 aliphatic heterocycles. The van der Waals surface area contributed by atoms with Gasteiger partial charge in [0.2, 0.25) is 0 Å². The molecule has 19 heavy (non-hydrogen) atoms. The molecule has 0 bridgehead atoms. The summed E-state index contributed by atoms with van der Waals surface area (Å²) in [6.45, 7) is 0. The zero-order valence-corrected chi connectivity index (χ0v) is 11.3. The Morgan fingerprint density at radius 2 is 1.84 bits per heavy atom. The fourth-order valence-electron chi connectivity index (χ4n) is 1.80. The van der Waals surface area contributed by atoms with Crippen molar-refractivity contribution >= 4 is 15.9 Å². The van der Waals surface area contributed by atoms with E-state index in [9.17, 15) is 18.3 Å². The summed E-state index contributed by atoms with van der Waals surface area (Å²) in [5, 5.41) is 10.0. The highest BCUT2D eigenvalue weighted by atomic mass is 79.9. The van der Waals surface area contributed by atoms with Crippen molar-refractivity contribution in [3.05, 3.63) is 69.4 Å². The van der Waals surface area contributed by atoms with Crippen molar-refractivity contribution in [2.24, 2.45) is 0 Å². The van der Waals surface area contributed by atoms with E-state index in [0.29, 0.717) is 10.0 Å². The molecular weight excluding hydrogens is 321 g/mol. The van der Waals surface area contributed by atoms with E-state index in [1.165, 1.54) is 30.3 Å². The van der Waals surface area contributed by atoms with Crippen LogP contribution in [0.5, 0.6) is 0 Å². The van der Waals surface area contributed by atoms with Crippen LogP contribution in [0.4, 0.5) is 13.2 Å². The zero-order chi connectivity index (χ0) is 14.0. The molecule has 5 heteroatoms. The summed E-state index contributed by atoms with van der Waals surface area (Å²) in [5.41, 5.74) is 0.494. The molecule has 0 aliphatic rings. The first kappa shape index (κ1) is 14.1. The summed E-state index contributed by atoms with van der Waals surface area (Å²) >= 11 is 3.13. The second-order valence-electron chi connectivity index (χ2n) is 4.10. The van der Waals surface area contributed by atoms with Gasteiger partial charge < -0.3 is 5.11 Å². The quantitative estimate of drug-likeness (QED) is 0.896. The number of benzene rings is 2. The first-order valence-corrected chi connectivity index (χ1v) is 6.34. The molecule has 0 saturated heterocycles. The molecule has 0 amide bonds. The van der Waals surface area contributed by atoms with Crippen LogP contribution in [0.1, 0.15) is 17.2 Å². The molecule has 0 spiro atoms. The highest BCUT2D eigenvalue weighted by Crippen LogP contribution is 2.27. The summed E-state index contributed by atoms with van der Waals surface area (Å²) in [4.78, 5) is 0. The van der Waals surface area contributed by atoms with Crippen molar-refractivity contribution in [3.63, 3.8) is 0 Å². The number of aliphatic hydroxyl groups excluding tert-OH is 1. The maximum Gasteiger partial charge on any atom is 0.162 e. The first-order chi connectivity index (χ1) is 8.99. The summed E-state index contributed by atoms with van der Waals surface area (Å²) < 4.78 is 39.9. The van der Waals surface area contributed by atoms with Gasteiger partial charge in [-0.15, -0.1) is 0 Å². The van der Waals surface area contributed by atoms with Gasteiger partial charge in [-0.05, 0) is 29.3 Å². The van der Waals surface area contributed by atoms with E-state index in [1.807, 2.05) is 0 Å². The molecule has 0 aliphatic carbocycles. The van der Waals surface area contributed by atoms with Gasteiger partial charge in [-0.1, -0.05) is 34.1 Å². The fraction of sp³-hybridized carbons (Fsp3) is 0.143. The monoisotopic (exact) mass is 330 g/mol. The Balaban J connectivity index is 2.25. The molecule has 2 aromatic rings. The second-order valence-corrected chi connectivity index (χ2v) is 4.95. The first-order valence-electron chi connectivity index (χ1n) is 5.55. The van der Waals surface area contributed by atoms with Gasteiger partial charge in [0, 0.05) is 10.9 Å². The van der Waals surface area contributed by atoms with Gasteiger partial charge in [-0.3, -0.25) is 0 Å². The van der Waals surface area contributed by atoms with Crippen LogP contribution in [0.2, 0.25) is 0 Å². The van der Waals surface area contributed by atoms with E-state index in [0.717, 1.165) is 6.07 Å². The maximum atomic E-state index is 13.5. The largest absolute Gasteiger partial charge is 0.388 e. The molecule has 1 nitrogen and oxygen atoms in total. The summed E-state index contributed by atoms with van der Waals surface area (Å²) in [5.74, 6) is -2.37. The summed E-state index contributed by atoms with van der Waals surface area (Å²) in [6.07, 6.45) is -1.14. The van der Waals surface area contributed by atoms with Crippen LogP contribution in [0, 0.1) is 17.5 Å². The van der Waals surface area contributed by atoms with Crippen molar-refractivity contribution < 1.29 is 18.3 Å². The molecular formula is C14H10BrF3O. The molecule has 0 radical (unpaired) electrons. The van der Waals surface area contributed by atoms with Crippen molar-refractivity contribution in [2.45, 2.75) is 12.5 Å². The standard InChI is InChI=1S/C14H10BrF3O/c15-11-7-9(16)4-5-10(11)13(19)6-8-2-1-3-12(17)14(8)18/h1-5,7,13,19H,6H2. The van der Waals surface area contributed by atoms with Gasteiger partial charge in [-0.2, -0.15) is 0 Å². The van der Waals surface area contributed by atoms with Gasteiger partial charge >= 0.3 is 0 Å². The van der Waals surface area contributed by atoms with Crippen LogP contribution in [0.15, 0.2) is 40.9 Å². The predicted octanol–water partition coefficient (Wildman–Crippen LogP) is 4.14. The van der Waals surface area contributed by atoms with E-state index >= 15 is 0 Å². The molecule has 0 saturated carbocycles. The Hall–Kier alpha value is -1.33. The topological polar surface area (TPSA) is 20.2 Å². The van der Waals surface area contributed by atoms with Crippen molar-refractivity contribution in [1.29, 1.82) is 0 Å². The maximum absolute atomic E-state index is 13.5. The average Bonchev–Trinajstić information content (AvgIpc) is 2.34. The number of rotatable bonds is 3. The Labute approximate surface area is 116 Å². The van der Waals surface area contributed by atoms with E-state index in [1.54, 1.807) is 0 Å². The Bertz CT molecular complexity index is 601. The van der Waals surface area contributed by atoms with Crippen LogP contribution in [0.3, 0.4) is 0 Å². The fourth-order valence-corrected chi connectivity index (χ4v) is 2.41. The number of hydrogen-bond donors (Lipinski definition) is 1. The lowest BCUT2D eigenvalue weighted by Gasteiger charge is -2.13. The minimum absolute atomic E-state index is 0.0729. The lowest BCUT2D eigenvalue weighted by Crippen LogP contribution is -2.05. The van der Waals surface area contributed by atoms with Gasteiger partial charge in [0.15, 0.2) is 11.6 Å². The molecule has 0 aromatic heterocycles. The molecule has 100 valence electrons. The highest BCUT2D eigenvalue weighted by molar-refractivity contribution is 9.10. The van der Waals surface area contributed by atoms with Gasteiger partial charge in [0.1, 0.15) is 5.82 Å². The number of halogens is 4. The van der Waals surface area contributed by atoms with E-state index in [4.69, 9.17) is 0 Å². The molecule has 1 unspecified atom stereocenters. The lowest BCUT2D eigenvalue weighted by molar-refractivity contribution is 0.176. The zero-order valence-electron chi connectivity index (χ0n) is 9.71. The Morgan fingerprint density at radius 1 is 1.11 bits per heavy atom. The minimum atomic E-state index is -1.05. The van der Waals surface area contributed by atoms with Gasteiger partial charge in [-0.25, -0.2) is 13.2 Å². The molecule has 0 heterocycles. The Morgan fingerprint density at radius 3 is 2.53 bits per heavy atom. The van der Waals surface area contributed by atoms with Crippen molar-refractivity contribution in [3.8, 4) is 0 Å². The van der Waals surface area contributed by atoms with Crippen LogP contribution in [-0.4, -0.2) is 5.11 Å². The molecule has 1 atom stereocenters. The molecule has 2 aromatic carbocycles. The minimum Gasteiger partial charge on any atom is -0.388 e. The lowest BCUT2D eigenvalue weighted by atomic mass is 10.0. The molecule has 2 rings (SSSR count). The summed E-state index contributed by atoms with van der Waals surface area (Å²) in [6, 6.07) is 7.60. The van der Waals surface area contributed by atoms with Gasteiger partial charge in [0.25, 0.3) is 0 Å². The van der Waals surface area contributed by atoms with Gasteiger partial charge in [0.05, 0.1) is 6.10 Å². The molecule has 0 fully saturated rings. The van der Waals surface area contributed by atoms with Crippen molar-refractivity contribution in [1.82, 2.24) is 0 Å². The van der Waals surface area contributed by atoms with Crippen LogP contribution in [0.25, 0.3) is 0 Å². The van der Waals surface area contributed by atoms with E-state index in [2.05, 4.69) is 15.9 Å². The number of hydrogen-bond acceptors (Lipinski definition) is 1. The normalized spacial score (nSPS) is 12.5. The van der Waals surface area contributed by atoms with E-state index in [-0.39, 0.29) is 12.0 Å². The molecule has 1 N–H and O–H groups in total. The second kappa shape index (κ2) is 5.75. The van der Waals surface area contributed by atoms with Crippen LogP contribution < -0.4 is 0 Å². The smallest absolute Gasteiger partial charge is 0.162 e. The SMILES string of the molecule is OC(Cc1cccc(F)c1F)c1ccc(F)cc1Br. The highest BCUT2D eigenvalue weighted by Gasteiger charge is 2.16. The average molecular weight is 331 g/mol. The van der Waals surface area contributed by atoms with Crippen LogP contribution >= 0.6 is 15.9 Å². The third-order valence-corrected chi connectivity index (χ3v) is 3.45. The third kappa shape index (κ3) is 3.16. The third-order valence-electron chi connectivity index (χ3n) is 2.77.